The van der Waals surface area contributed by atoms with Gasteiger partial charge in [0.25, 0.3) is 5.56 Å². The maximum Gasteiger partial charge on any atom is 0.330 e. The van der Waals surface area contributed by atoms with E-state index in [-0.39, 0.29) is 23.8 Å². The minimum atomic E-state index is -0.646. The molecule has 8 heteroatoms. The van der Waals surface area contributed by atoms with Crippen LogP contribution in [0.25, 0.3) is 0 Å². The number of aromatic amines is 1. The molecule has 1 aromatic carbocycles. The number of H-pyrrole nitrogens is 1. The number of carbonyl (C=O) groups is 1. The van der Waals surface area contributed by atoms with Crippen LogP contribution in [-0.2, 0) is 11.3 Å². The summed E-state index contributed by atoms with van der Waals surface area (Å²) in [5.41, 5.74) is 4.85. The highest BCUT2D eigenvalue weighted by atomic mass is 32.2. The van der Waals surface area contributed by atoms with Crippen molar-refractivity contribution in [2.24, 2.45) is 0 Å². The molecule has 2 rings (SSSR count). The number of hydrogen-bond donors (Lipinski definition) is 2. The molecule has 140 valence electrons. The third kappa shape index (κ3) is 4.78. The van der Waals surface area contributed by atoms with Gasteiger partial charge in [0.05, 0.1) is 0 Å². The number of thioether (sulfide) groups is 1. The van der Waals surface area contributed by atoms with Crippen LogP contribution < -0.4 is 21.9 Å². The Labute approximate surface area is 156 Å². The van der Waals surface area contributed by atoms with Gasteiger partial charge < -0.3 is 10.6 Å². The second-order valence-corrected chi connectivity index (χ2v) is 7.03. The Hall–Kier alpha value is -2.48. The maximum absolute atomic E-state index is 12.5. The molecule has 26 heavy (non-hydrogen) atoms. The van der Waals surface area contributed by atoms with Crippen LogP contribution in [-0.4, -0.2) is 28.3 Å². The smallest absolute Gasteiger partial charge is 0.330 e. The van der Waals surface area contributed by atoms with E-state index in [4.69, 9.17) is 5.73 Å². The maximum atomic E-state index is 12.5. The van der Waals surface area contributed by atoms with Crippen molar-refractivity contribution in [3.8, 4) is 0 Å². The van der Waals surface area contributed by atoms with Crippen molar-refractivity contribution < 1.29 is 4.79 Å². The van der Waals surface area contributed by atoms with Crippen LogP contribution in [0.15, 0.2) is 44.8 Å². The zero-order valence-corrected chi connectivity index (χ0v) is 15.8. The number of anilines is 2. The van der Waals surface area contributed by atoms with Crippen molar-refractivity contribution in [3.05, 3.63) is 51.2 Å². The summed E-state index contributed by atoms with van der Waals surface area (Å²) in [7, 11) is 1.51. The third-order valence-corrected chi connectivity index (χ3v) is 5.00. The lowest BCUT2D eigenvalue weighted by molar-refractivity contribution is -0.117. The highest BCUT2D eigenvalue weighted by Gasteiger charge is 2.20. The van der Waals surface area contributed by atoms with Crippen LogP contribution in [0.2, 0.25) is 0 Å². The SMILES string of the molecule is CCCCn1c(N)c(N(C)C(=O)CCSc2ccccc2)c(=O)[nH]c1=O. The van der Waals surface area contributed by atoms with Gasteiger partial charge >= 0.3 is 5.69 Å². The Morgan fingerprint density at radius 1 is 1.27 bits per heavy atom. The lowest BCUT2D eigenvalue weighted by atomic mass is 10.3. The van der Waals surface area contributed by atoms with E-state index in [9.17, 15) is 14.4 Å². The molecule has 2 aromatic rings. The molecule has 0 aliphatic rings. The Bertz CT molecular complexity index is 861. The molecule has 0 bridgehead atoms. The number of benzene rings is 1. The minimum Gasteiger partial charge on any atom is -0.383 e. The standard InChI is InChI=1S/C18H24N4O3S/c1-3-4-11-22-16(19)15(17(24)20-18(22)25)21(2)14(23)10-12-26-13-8-6-5-7-9-13/h5-9H,3-4,10-12,19H2,1-2H3,(H,20,24,25). The fourth-order valence-corrected chi connectivity index (χ4v) is 3.37. The molecule has 0 unspecified atom stereocenters. The largest absolute Gasteiger partial charge is 0.383 e. The summed E-state index contributed by atoms with van der Waals surface area (Å²) in [6, 6.07) is 9.77. The van der Waals surface area contributed by atoms with Gasteiger partial charge in [0.15, 0.2) is 5.69 Å². The number of nitrogens with two attached hydrogens (primary N) is 1. The molecule has 1 amide bonds. The first-order valence-electron chi connectivity index (χ1n) is 8.52. The van der Waals surface area contributed by atoms with E-state index in [1.807, 2.05) is 37.3 Å². The highest BCUT2D eigenvalue weighted by Crippen LogP contribution is 2.20. The normalized spacial score (nSPS) is 10.7. The zero-order chi connectivity index (χ0) is 19.1. The van der Waals surface area contributed by atoms with Crippen molar-refractivity contribution in [3.63, 3.8) is 0 Å². The molecular weight excluding hydrogens is 352 g/mol. The van der Waals surface area contributed by atoms with E-state index in [1.165, 1.54) is 16.5 Å². The number of hydrogen-bond acceptors (Lipinski definition) is 5. The summed E-state index contributed by atoms with van der Waals surface area (Å²) < 4.78 is 1.31. The van der Waals surface area contributed by atoms with Gasteiger partial charge in [-0.05, 0) is 18.6 Å². The van der Waals surface area contributed by atoms with Crippen molar-refractivity contribution in [2.75, 3.05) is 23.4 Å². The Morgan fingerprint density at radius 3 is 2.62 bits per heavy atom. The van der Waals surface area contributed by atoms with Crippen LogP contribution in [0.1, 0.15) is 26.2 Å². The number of amides is 1. The second kappa shape index (κ2) is 9.28. The van der Waals surface area contributed by atoms with Gasteiger partial charge in [-0.3, -0.25) is 19.1 Å². The van der Waals surface area contributed by atoms with E-state index in [1.54, 1.807) is 11.8 Å². The molecule has 3 N–H and O–H groups in total. The van der Waals surface area contributed by atoms with Gasteiger partial charge in [-0.25, -0.2) is 4.79 Å². The number of nitrogens with zero attached hydrogens (tertiary/aromatic N) is 2. The fraction of sp³-hybridized carbons (Fsp3) is 0.389. The molecule has 0 spiro atoms. The van der Waals surface area contributed by atoms with Crippen molar-refractivity contribution in [1.82, 2.24) is 9.55 Å². The summed E-state index contributed by atoms with van der Waals surface area (Å²) in [5, 5.41) is 0. The Balaban J connectivity index is 2.12. The Morgan fingerprint density at radius 2 is 1.96 bits per heavy atom. The molecule has 0 radical (unpaired) electrons. The molecular formula is C18H24N4O3S. The van der Waals surface area contributed by atoms with E-state index in [0.717, 1.165) is 17.7 Å². The summed E-state index contributed by atoms with van der Waals surface area (Å²) >= 11 is 1.57. The summed E-state index contributed by atoms with van der Waals surface area (Å²) in [6.45, 7) is 2.39. The minimum absolute atomic E-state index is 0.0235. The van der Waals surface area contributed by atoms with E-state index in [2.05, 4.69) is 4.98 Å². The first-order chi connectivity index (χ1) is 12.5. The summed E-state index contributed by atoms with van der Waals surface area (Å²) in [4.78, 5) is 41.2. The van der Waals surface area contributed by atoms with Crippen LogP contribution in [0, 0.1) is 0 Å². The first kappa shape index (κ1) is 19.8. The fourth-order valence-electron chi connectivity index (χ4n) is 2.51. The predicted octanol–water partition coefficient (Wildman–Crippen LogP) is 2.06. The van der Waals surface area contributed by atoms with Crippen molar-refractivity contribution in [2.45, 2.75) is 37.6 Å². The van der Waals surface area contributed by atoms with Gasteiger partial charge in [0, 0.05) is 30.7 Å². The van der Waals surface area contributed by atoms with Gasteiger partial charge in [0.2, 0.25) is 5.91 Å². The molecule has 0 saturated carbocycles. The zero-order valence-electron chi connectivity index (χ0n) is 15.0. The predicted molar refractivity (Wildman–Crippen MR) is 106 cm³/mol. The van der Waals surface area contributed by atoms with Crippen molar-refractivity contribution in [1.29, 1.82) is 0 Å². The van der Waals surface area contributed by atoms with Crippen LogP contribution in [0.3, 0.4) is 0 Å². The molecule has 0 atom stereocenters. The highest BCUT2D eigenvalue weighted by molar-refractivity contribution is 7.99. The molecule has 0 saturated heterocycles. The van der Waals surface area contributed by atoms with E-state index < -0.39 is 11.2 Å². The Kier molecular flexibility index (Phi) is 7.08. The number of carbonyl (C=O) groups excluding carboxylic acids is 1. The second-order valence-electron chi connectivity index (χ2n) is 5.86. The molecule has 1 aromatic heterocycles. The van der Waals surface area contributed by atoms with Crippen LogP contribution in [0.5, 0.6) is 0 Å². The topological polar surface area (TPSA) is 101 Å². The van der Waals surface area contributed by atoms with E-state index in [0.29, 0.717) is 12.3 Å². The molecule has 0 fully saturated rings. The number of rotatable bonds is 8. The molecule has 0 aliphatic heterocycles. The molecule has 1 heterocycles. The van der Waals surface area contributed by atoms with Gasteiger partial charge in [-0.15, -0.1) is 11.8 Å². The number of unbranched alkanes of at least 4 members (excludes halogenated alkanes) is 1. The number of nitrogen functional groups attached to an aromatic ring is 1. The number of aromatic nitrogens is 2. The first-order valence-corrected chi connectivity index (χ1v) is 9.51. The average molecular weight is 376 g/mol. The van der Waals surface area contributed by atoms with Gasteiger partial charge in [-0.1, -0.05) is 31.5 Å². The van der Waals surface area contributed by atoms with Crippen LogP contribution >= 0.6 is 11.8 Å². The summed E-state index contributed by atoms with van der Waals surface area (Å²) in [6.07, 6.45) is 1.88. The summed E-state index contributed by atoms with van der Waals surface area (Å²) in [5.74, 6) is 0.380. The molecule has 0 aliphatic carbocycles. The lowest BCUT2D eigenvalue weighted by Crippen LogP contribution is -2.39. The monoisotopic (exact) mass is 376 g/mol. The molecule has 7 nitrogen and oxygen atoms in total. The van der Waals surface area contributed by atoms with Crippen molar-refractivity contribution >= 4 is 29.2 Å². The quantitative estimate of drug-likeness (QED) is 0.687. The van der Waals surface area contributed by atoms with Gasteiger partial charge in [-0.2, -0.15) is 0 Å². The third-order valence-electron chi connectivity index (χ3n) is 3.99. The number of nitrogens with one attached hydrogen (secondary N) is 1. The lowest BCUT2D eigenvalue weighted by Gasteiger charge is -2.20. The average Bonchev–Trinajstić information content (AvgIpc) is 2.62. The van der Waals surface area contributed by atoms with E-state index >= 15 is 0 Å². The van der Waals surface area contributed by atoms with Gasteiger partial charge in [0.1, 0.15) is 5.82 Å². The van der Waals surface area contributed by atoms with Crippen LogP contribution in [0.4, 0.5) is 11.5 Å².